The first kappa shape index (κ1) is 19.8. The zero-order chi connectivity index (χ0) is 19.6. The van der Waals surface area contributed by atoms with E-state index < -0.39 is 15.9 Å². The Morgan fingerprint density at radius 3 is 2.74 bits per heavy atom. The molecule has 0 spiro atoms. The number of halogens is 1. The van der Waals surface area contributed by atoms with E-state index >= 15 is 0 Å². The van der Waals surface area contributed by atoms with Crippen LogP contribution in [-0.4, -0.2) is 46.5 Å². The zero-order valence-electron chi connectivity index (χ0n) is 15.3. The third-order valence-electron chi connectivity index (χ3n) is 4.62. The van der Waals surface area contributed by atoms with E-state index in [-0.39, 0.29) is 22.0 Å². The Hall–Kier alpha value is -1.97. The van der Waals surface area contributed by atoms with E-state index in [4.69, 9.17) is 11.6 Å². The fourth-order valence-corrected chi connectivity index (χ4v) is 4.84. The molecule has 1 N–H and O–H groups in total. The van der Waals surface area contributed by atoms with Crippen LogP contribution >= 0.6 is 11.6 Å². The normalized spacial score (nSPS) is 13.8. The summed E-state index contributed by atoms with van der Waals surface area (Å²) in [6.07, 6.45) is 1.90. The first-order valence-electron chi connectivity index (χ1n) is 8.87. The molecule has 0 saturated carbocycles. The van der Waals surface area contributed by atoms with Gasteiger partial charge in [0.1, 0.15) is 5.82 Å². The predicted molar refractivity (Wildman–Crippen MR) is 101 cm³/mol. The average Bonchev–Trinajstić information content (AvgIpc) is 3.24. The monoisotopic (exact) mass is 411 g/mol. The highest BCUT2D eigenvalue weighted by Crippen LogP contribution is 2.23. The third kappa shape index (κ3) is 3.85. The Morgan fingerprint density at radius 1 is 1.30 bits per heavy atom. The van der Waals surface area contributed by atoms with E-state index in [2.05, 4.69) is 15.5 Å². The second kappa shape index (κ2) is 7.95. The van der Waals surface area contributed by atoms with E-state index in [9.17, 15) is 13.2 Å². The molecule has 1 aliphatic rings. The number of fused-ring (bicyclic) bond motifs is 1. The maximum atomic E-state index is 12.7. The zero-order valence-corrected chi connectivity index (χ0v) is 16.8. The lowest BCUT2D eigenvalue weighted by Gasteiger charge is -2.19. The maximum absolute atomic E-state index is 12.7. The van der Waals surface area contributed by atoms with Crippen molar-refractivity contribution >= 4 is 27.5 Å². The van der Waals surface area contributed by atoms with E-state index in [0.717, 1.165) is 25.2 Å². The van der Waals surface area contributed by atoms with Crippen LogP contribution in [0.2, 0.25) is 5.02 Å². The van der Waals surface area contributed by atoms with Gasteiger partial charge in [-0.25, -0.2) is 8.42 Å². The van der Waals surface area contributed by atoms with Crippen molar-refractivity contribution in [3.63, 3.8) is 0 Å². The number of hydrogen-bond donors (Lipinski definition) is 1. The SMILES string of the molecule is CCN(CC)S(=O)(=O)c1ccc(Cl)c(C(=O)NCc2nnc3n2CCC3)c1. The molecule has 0 radical (unpaired) electrons. The number of carbonyl (C=O) groups is 1. The van der Waals surface area contributed by atoms with Crippen molar-refractivity contribution in [2.45, 2.75) is 44.7 Å². The number of hydrogen-bond acceptors (Lipinski definition) is 5. The lowest BCUT2D eigenvalue weighted by Crippen LogP contribution is -2.31. The molecule has 27 heavy (non-hydrogen) atoms. The molecule has 0 aliphatic carbocycles. The number of carbonyl (C=O) groups excluding carboxylic acids is 1. The lowest BCUT2D eigenvalue weighted by molar-refractivity contribution is 0.0949. The summed E-state index contributed by atoms with van der Waals surface area (Å²) in [5, 5.41) is 11.1. The number of nitrogens with one attached hydrogen (secondary N) is 1. The van der Waals surface area contributed by atoms with Crippen molar-refractivity contribution in [3.8, 4) is 0 Å². The van der Waals surface area contributed by atoms with Crippen LogP contribution in [0.3, 0.4) is 0 Å². The molecule has 10 heteroatoms. The van der Waals surface area contributed by atoms with E-state index in [1.165, 1.54) is 22.5 Å². The molecule has 1 aromatic heterocycles. The molecular formula is C17H22ClN5O3S. The molecule has 0 fully saturated rings. The smallest absolute Gasteiger partial charge is 0.253 e. The fourth-order valence-electron chi connectivity index (χ4n) is 3.15. The number of aromatic nitrogens is 3. The highest BCUT2D eigenvalue weighted by molar-refractivity contribution is 7.89. The molecule has 1 aliphatic heterocycles. The van der Waals surface area contributed by atoms with Gasteiger partial charge in [-0.1, -0.05) is 25.4 Å². The third-order valence-corrected chi connectivity index (χ3v) is 6.99. The number of aryl methyl sites for hydroxylation is 1. The molecule has 0 atom stereocenters. The van der Waals surface area contributed by atoms with Crippen LogP contribution in [0.15, 0.2) is 23.1 Å². The Kier molecular flexibility index (Phi) is 5.83. The molecule has 8 nitrogen and oxygen atoms in total. The minimum Gasteiger partial charge on any atom is -0.345 e. The number of amides is 1. The van der Waals surface area contributed by atoms with Gasteiger partial charge in [-0.05, 0) is 24.6 Å². The van der Waals surface area contributed by atoms with Crippen LogP contribution in [0.5, 0.6) is 0 Å². The number of rotatable bonds is 7. The Labute approximate surface area is 163 Å². The topological polar surface area (TPSA) is 97.2 Å². The summed E-state index contributed by atoms with van der Waals surface area (Å²) in [4.78, 5) is 12.6. The molecule has 1 amide bonds. The maximum Gasteiger partial charge on any atom is 0.253 e. The summed E-state index contributed by atoms with van der Waals surface area (Å²) in [5.74, 6) is 1.15. The molecule has 1 aromatic carbocycles. The van der Waals surface area contributed by atoms with Gasteiger partial charge >= 0.3 is 0 Å². The predicted octanol–water partition coefficient (Wildman–Crippen LogP) is 1.84. The van der Waals surface area contributed by atoms with E-state index in [1.807, 2.05) is 4.57 Å². The second-order valence-electron chi connectivity index (χ2n) is 6.20. The van der Waals surface area contributed by atoms with Crippen molar-refractivity contribution in [2.24, 2.45) is 0 Å². The largest absolute Gasteiger partial charge is 0.345 e. The molecule has 0 bridgehead atoms. The van der Waals surface area contributed by atoms with Gasteiger partial charge in [0.15, 0.2) is 5.82 Å². The second-order valence-corrected chi connectivity index (χ2v) is 8.55. The van der Waals surface area contributed by atoms with Gasteiger partial charge in [-0.3, -0.25) is 4.79 Å². The Balaban J connectivity index is 1.80. The van der Waals surface area contributed by atoms with Crippen LogP contribution < -0.4 is 5.32 Å². The van der Waals surface area contributed by atoms with Crippen molar-refractivity contribution < 1.29 is 13.2 Å². The Bertz CT molecular complexity index is 953. The van der Waals surface area contributed by atoms with Crippen molar-refractivity contribution in [1.29, 1.82) is 0 Å². The van der Waals surface area contributed by atoms with Crippen LogP contribution in [-0.2, 0) is 29.5 Å². The van der Waals surface area contributed by atoms with Crippen molar-refractivity contribution in [3.05, 3.63) is 40.4 Å². The molecule has 3 rings (SSSR count). The summed E-state index contributed by atoms with van der Waals surface area (Å²) in [6, 6.07) is 4.17. The molecule has 0 unspecified atom stereocenters. The molecule has 146 valence electrons. The minimum absolute atomic E-state index is 0.0455. The van der Waals surface area contributed by atoms with Gasteiger partial charge in [0.25, 0.3) is 5.91 Å². The van der Waals surface area contributed by atoms with Gasteiger partial charge in [-0.2, -0.15) is 4.31 Å². The van der Waals surface area contributed by atoms with Crippen LogP contribution in [0.25, 0.3) is 0 Å². The standard InChI is InChI=1S/C17H22ClN5O3S/c1-3-22(4-2)27(25,26)12-7-8-14(18)13(10-12)17(24)19-11-16-21-20-15-6-5-9-23(15)16/h7-8,10H,3-6,9,11H2,1-2H3,(H,19,24). The Morgan fingerprint density at radius 2 is 2.04 bits per heavy atom. The van der Waals surface area contributed by atoms with Crippen molar-refractivity contribution in [2.75, 3.05) is 13.1 Å². The van der Waals surface area contributed by atoms with Crippen LogP contribution in [0, 0.1) is 0 Å². The average molecular weight is 412 g/mol. The highest BCUT2D eigenvalue weighted by atomic mass is 35.5. The highest BCUT2D eigenvalue weighted by Gasteiger charge is 2.24. The van der Waals surface area contributed by atoms with Crippen LogP contribution in [0.4, 0.5) is 0 Å². The summed E-state index contributed by atoms with van der Waals surface area (Å²) in [6.45, 7) is 5.27. The number of nitrogens with zero attached hydrogens (tertiary/aromatic N) is 4. The minimum atomic E-state index is -3.67. The number of benzene rings is 1. The van der Waals surface area contributed by atoms with Gasteiger partial charge in [0.05, 0.1) is 22.0 Å². The van der Waals surface area contributed by atoms with Gasteiger partial charge < -0.3 is 9.88 Å². The summed E-state index contributed by atoms with van der Waals surface area (Å²) < 4.78 is 28.7. The molecule has 0 saturated heterocycles. The summed E-state index contributed by atoms with van der Waals surface area (Å²) in [5.41, 5.74) is 0.117. The number of sulfonamides is 1. The van der Waals surface area contributed by atoms with Gasteiger partial charge in [-0.15, -0.1) is 10.2 Å². The first-order chi connectivity index (χ1) is 12.9. The lowest BCUT2D eigenvalue weighted by atomic mass is 10.2. The summed E-state index contributed by atoms with van der Waals surface area (Å²) in [7, 11) is -3.67. The fraction of sp³-hybridized carbons (Fsp3) is 0.471. The van der Waals surface area contributed by atoms with Crippen molar-refractivity contribution in [1.82, 2.24) is 24.4 Å². The first-order valence-corrected chi connectivity index (χ1v) is 10.7. The molecular weight excluding hydrogens is 390 g/mol. The van der Waals surface area contributed by atoms with Crippen LogP contribution in [0.1, 0.15) is 42.3 Å². The molecule has 2 aromatic rings. The van der Waals surface area contributed by atoms with E-state index in [1.54, 1.807) is 13.8 Å². The van der Waals surface area contributed by atoms with Gasteiger partial charge in [0.2, 0.25) is 10.0 Å². The quantitative estimate of drug-likeness (QED) is 0.749. The molecule has 2 heterocycles. The summed E-state index contributed by atoms with van der Waals surface area (Å²) >= 11 is 6.14. The van der Waals surface area contributed by atoms with Gasteiger partial charge in [0, 0.05) is 26.1 Å². The van der Waals surface area contributed by atoms with E-state index in [0.29, 0.717) is 18.9 Å².